The maximum atomic E-state index is 11.1. The lowest BCUT2D eigenvalue weighted by atomic mass is 10.2. The summed E-state index contributed by atoms with van der Waals surface area (Å²) in [5, 5.41) is 8.39. The van der Waals surface area contributed by atoms with Gasteiger partial charge >= 0.3 is 5.97 Å². The van der Waals surface area contributed by atoms with Crippen molar-refractivity contribution in [2.75, 3.05) is 21.2 Å². The van der Waals surface area contributed by atoms with E-state index in [0.29, 0.717) is 0 Å². The molecule has 0 aliphatic heterocycles. The molecule has 1 N–H and O–H groups in total. The van der Waals surface area contributed by atoms with Crippen molar-refractivity contribution in [1.82, 2.24) is 4.90 Å². The van der Waals surface area contributed by atoms with Gasteiger partial charge in [-0.05, 0) is 0 Å². The fourth-order valence-corrected chi connectivity index (χ4v) is 0.718. The molecule has 0 aliphatic carbocycles. The van der Waals surface area contributed by atoms with Crippen molar-refractivity contribution in [2.45, 2.75) is 12.5 Å². The van der Waals surface area contributed by atoms with E-state index < -0.39 is 12.1 Å². The highest BCUT2D eigenvalue weighted by Crippen LogP contribution is 2.00. The average Bonchev–Trinajstić information content (AvgIpc) is 1.98. The van der Waals surface area contributed by atoms with Crippen LogP contribution in [0.3, 0.4) is 0 Å². The molecule has 0 aromatic carbocycles. The van der Waals surface area contributed by atoms with Gasteiger partial charge in [0.1, 0.15) is 6.10 Å². The molecule has 5 heteroatoms. The lowest BCUT2D eigenvalue weighted by Crippen LogP contribution is -2.36. The SMILES string of the molecule is COC(CC(=O)O)C(=O)N(C)C. The molecule has 1 atom stereocenters. The molecule has 0 bridgehead atoms. The topological polar surface area (TPSA) is 66.8 Å². The number of carbonyl (C=O) groups is 2. The Morgan fingerprint density at radius 2 is 2.00 bits per heavy atom. The van der Waals surface area contributed by atoms with E-state index in [-0.39, 0.29) is 12.3 Å². The highest BCUT2D eigenvalue weighted by Gasteiger charge is 2.22. The number of hydrogen-bond donors (Lipinski definition) is 1. The minimum absolute atomic E-state index is 0.298. The Morgan fingerprint density at radius 3 is 2.25 bits per heavy atom. The van der Waals surface area contributed by atoms with Gasteiger partial charge in [-0.15, -0.1) is 0 Å². The molecule has 70 valence electrons. The Balaban J connectivity index is 4.15. The molecule has 0 spiro atoms. The molecule has 0 radical (unpaired) electrons. The van der Waals surface area contributed by atoms with Crippen molar-refractivity contribution >= 4 is 11.9 Å². The van der Waals surface area contributed by atoms with Crippen LogP contribution in [0, 0.1) is 0 Å². The lowest BCUT2D eigenvalue weighted by molar-refractivity contribution is -0.148. The molecule has 12 heavy (non-hydrogen) atoms. The van der Waals surface area contributed by atoms with Crippen LogP contribution in [0.2, 0.25) is 0 Å². The van der Waals surface area contributed by atoms with Gasteiger partial charge in [-0.2, -0.15) is 0 Å². The number of nitrogens with zero attached hydrogens (tertiary/aromatic N) is 1. The average molecular weight is 175 g/mol. The first kappa shape index (κ1) is 10.9. The van der Waals surface area contributed by atoms with Crippen LogP contribution in [0.5, 0.6) is 0 Å². The number of likely N-dealkylation sites (N-methyl/N-ethyl adjacent to an activating group) is 1. The largest absolute Gasteiger partial charge is 0.481 e. The van der Waals surface area contributed by atoms with Crippen LogP contribution < -0.4 is 0 Å². The van der Waals surface area contributed by atoms with Gasteiger partial charge in [0, 0.05) is 21.2 Å². The summed E-state index contributed by atoms with van der Waals surface area (Å²) in [6.07, 6.45) is -1.18. The number of carboxylic acid groups (broad SMARTS) is 1. The third-order valence-electron chi connectivity index (χ3n) is 1.36. The Kier molecular flexibility index (Phi) is 4.28. The molecule has 0 fully saturated rings. The predicted octanol–water partition coefficient (Wildman–Crippen LogP) is -0.436. The van der Waals surface area contributed by atoms with E-state index in [4.69, 9.17) is 9.84 Å². The van der Waals surface area contributed by atoms with Crippen molar-refractivity contribution in [1.29, 1.82) is 0 Å². The van der Waals surface area contributed by atoms with Gasteiger partial charge in [-0.3, -0.25) is 9.59 Å². The standard InChI is InChI=1S/C7H13NO4/c1-8(2)7(11)5(12-3)4-6(9)10/h5H,4H2,1-3H3,(H,9,10). The van der Waals surface area contributed by atoms with Gasteiger partial charge in [0.05, 0.1) is 6.42 Å². The summed E-state index contributed by atoms with van der Waals surface area (Å²) in [6, 6.07) is 0. The molecule has 5 nitrogen and oxygen atoms in total. The van der Waals surface area contributed by atoms with Crippen LogP contribution in [-0.2, 0) is 14.3 Å². The van der Waals surface area contributed by atoms with Crippen molar-refractivity contribution in [2.24, 2.45) is 0 Å². The first-order valence-corrected chi connectivity index (χ1v) is 3.44. The highest BCUT2D eigenvalue weighted by molar-refractivity contribution is 5.84. The van der Waals surface area contributed by atoms with Crippen molar-refractivity contribution in [3.8, 4) is 0 Å². The molecular weight excluding hydrogens is 162 g/mol. The smallest absolute Gasteiger partial charge is 0.306 e. The molecule has 0 saturated carbocycles. The second-order valence-electron chi connectivity index (χ2n) is 2.55. The van der Waals surface area contributed by atoms with E-state index in [1.54, 1.807) is 14.1 Å². The van der Waals surface area contributed by atoms with E-state index in [0.717, 1.165) is 0 Å². The number of aliphatic carboxylic acids is 1. The summed E-state index contributed by atoms with van der Waals surface area (Å²) in [5.41, 5.74) is 0. The molecule has 0 rings (SSSR count). The molecule has 1 amide bonds. The Hall–Kier alpha value is -1.10. The quantitative estimate of drug-likeness (QED) is 0.629. The molecule has 1 unspecified atom stereocenters. The van der Waals surface area contributed by atoms with Gasteiger partial charge in [0.15, 0.2) is 0 Å². The molecule has 0 heterocycles. The van der Waals surface area contributed by atoms with Crippen LogP contribution in [-0.4, -0.2) is 49.2 Å². The normalized spacial score (nSPS) is 12.2. The number of carbonyl (C=O) groups excluding carboxylic acids is 1. The van der Waals surface area contributed by atoms with Crippen LogP contribution in [0.1, 0.15) is 6.42 Å². The maximum absolute atomic E-state index is 11.1. The number of rotatable bonds is 4. The molecule has 0 aromatic heterocycles. The van der Waals surface area contributed by atoms with Crippen LogP contribution in [0.25, 0.3) is 0 Å². The van der Waals surface area contributed by atoms with Crippen LogP contribution >= 0.6 is 0 Å². The summed E-state index contributed by atoms with van der Waals surface area (Å²) >= 11 is 0. The first-order chi connectivity index (χ1) is 5.49. The van der Waals surface area contributed by atoms with E-state index in [1.807, 2.05) is 0 Å². The van der Waals surface area contributed by atoms with Crippen LogP contribution in [0.15, 0.2) is 0 Å². The summed E-state index contributed by atoms with van der Waals surface area (Å²) in [4.78, 5) is 22.7. The summed E-state index contributed by atoms with van der Waals surface area (Å²) in [7, 11) is 4.42. The highest BCUT2D eigenvalue weighted by atomic mass is 16.5. The summed E-state index contributed by atoms with van der Waals surface area (Å²) in [6.45, 7) is 0. The zero-order valence-electron chi connectivity index (χ0n) is 7.40. The molecule has 0 saturated heterocycles. The minimum atomic E-state index is -1.04. The Morgan fingerprint density at radius 1 is 1.50 bits per heavy atom. The van der Waals surface area contributed by atoms with Gasteiger partial charge in [-0.1, -0.05) is 0 Å². The predicted molar refractivity (Wildman–Crippen MR) is 41.7 cm³/mol. The lowest BCUT2D eigenvalue weighted by Gasteiger charge is -2.17. The van der Waals surface area contributed by atoms with Gasteiger partial charge < -0.3 is 14.7 Å². The summed E-state index contributed by atoms with van der Waals surface area (Å²) in [5.74, 6) is -1.38. The van der Waals surface area contributed by atoms with Gasteiger partial charge in [0.2, 0.25) is 0 Å². The van der Waals surface area contributed by atoms with Gasteiger partial charge in [-0.25, -0.2) is 0 Å². The van der Waals surface area contributed by atoms with Crippen molar-refractivity contribution < 1.29 is 19.4 Å². The number of amides is 1. The second-order valence-corrected chi connectivity index (χ2v) is 2.55. The molecule has 0 aromatic rings. The second kappa shape index (κ2) is 4.71. The van der Waals surface area contributed by atoms with Crippen LogP contribution in [0.4, 0.5) is 0 Å². The van der Waals surface area contributed by atoms with Crippen molar-refractivity contribution in [3.63, 3.8) is 0 Å². The molecular formula is C7H13NO4. The number of carboxylic acids is 1. The Labute approximate surface area is 70.9 Å². The van der Waals surface area contributed by atoms with Crippen molar-refractivity contribution in [3.05, 3.63) is 0 Å². The monoisotopic (exact) mass is 175 g/mol. The van der Waals surface area contributed by atoms with E-state index in [9.17, 15) is 9.59 Å². The number of ether oxygens (including phenoxy) is 1. The number of hydrogen-bond acceptors (Lipinski definition) is 3. The first-order valence-electron chi connectivity index (χ1n) is 3.44. The third kappa shape index (κ3) is 3.34. The zero-order chi connectivity index (χ0) is 9.72. The van der Waals surface area contributed by atoms with E-state index in [2.05, 4.69) is 0 Å². The van der Waals surface area contributed by atoms with E-state index in [1.165, 1.54) is 12.0 Å². The summed E-state index contributed by atoms with van der Waals surface area (Å²) < 4.78 is 4.71. The maximum Gasteiger partial charge on any atom is 0.306 e. The number of methoxy groups -OCH3 is 1. The van der Waals surface area contributed by atoms with E-state index >= 15 is 0 Å². The van der Waals surface area contributed by atoms with Gasteiger partial charge in [0.25, 0.3) is 5.91 Å². The fourth-order valence-electron chi connectivity index (χ4n) is 0.718. The zero-order valence-corrected chi connectivity index (χ0v) is 7.40. The minimum Gasteiger partial charge on any atom is -0.481 e. The fraction of sp³-hybridized carbons (Fsp3) is 0.714. The molecule has 0 aliphatic rings. The third-order valence-corrected chi connectivity index (χ3v) is 1.36. The Bertz CT molecular complexity index is 178.